The Kier molecular flexibility index (Phi) is 4.04. The van der Waals surface area contributed by atoms with E-state index in [0.29, 0.717) is 31.1 Å². The molecule has 0 atom stereocenters. The first kappa shape index (κ1) is 13.6. The summed E-state index contributed by atoms with van der Waals surface area (Å²) in [4.78, 5) is 22.9. The van der Waals surface area contributed by atoms with E-state index in [1.54, 1.807) is 29.5 Å². The zero-order chi connectivity index (χ0) is 13.9. The highest BCUT2D eigenvalue weighted by Crippen LogP contribution is 2.27. The third-order valence-electron chi connectivity index (χ3n) is 3.00. The molecule has 0 amide bonds. The minimum Gasteiger partial charge on any atom is -0.463 e. The second kappa shape index (κ2) is 5.94. The van der Waals surface area contributed by atoms with E-state index >= 15 is 0 Å². The van der Waals surface area contributed by atoms with Crippen LogP contribution < -0.4 is 4.72 Å². The fraction of sp³-hybridized carbons (Fsp3) is 0.417. The molecule has 0 aromatic carbocycles. The van der Waals surface area contributed by atoms with E-state index in [2.05, 4.69) is 19.6 Å². The summed E-state index contributed by atoms with van der Waals surface area (Å²) in [6.07, 6.45) is 1.77. The molecule has 1 N–H and O–H groups in total. The van der Waals surface area contributed by atoms with Crippen molar-refractivity contribution in [3.63, 3.8) is 0 Å². The highest BCUT2D eigenvalue weighted by molar-refractivity contribution is 7.97. The summed E-state index contributed by atoms with van der Waals surface area (Å²) in [5, 5.41) is 2.81. The molecule has 3 heterocycles. The monoisotopic (exact) mass is 310 g/mol. The van der Waals surface area contributed by atoms with E-state index in [1.165, 1.54) is 0 Å². The van der Waals surface area contributed by atoms with Crippen LogP contribution >= 0.6 is 23.3 Å². The summed E-state index contributed by atoms with van der Waals surface area (Å²) in [6.45, 7) is 3.17. The van der Waals surface area contributed by atoms with Crippen LogP contribution in [-0.4, -0.2) is 47.3 Å². The molecule has 6 nitrogen and oxygen atoms in total. The van der Waals surface area contributed by atoms with Crippen molar-refractivity contribution in [1.29, 1.82) is 0 Å². The molecule has 1 fully saturated rings. The van der Waals surface area contributed by atoms with E-state index in [0.717, 1.165) is 16.5 Å². The average molecular weight is 310 g/mol. The molecule has 0 aliphatic carbocycles. The number of hydrogen-bond donors (Lipinski definition) is 1. The number of nitrogens with zero attached hydrogens (tertiary/aromatic N) is 3. The molecule has 0 bridgehead atoms. The minimum atomic E-state index is -0.275. The molecule has 106 valence electrons. The van der Waals surface area contributed by atoms with Crippen LogP contribution in [0.4, 0.5) is 0 Å². The molecule has 1 aromatic rings. The third kappa shape index (κ3) is 2.46. The second-order valence-electron chi connectivity index (χ2n) is 4.15. The van der Waals surface area contributed by atoms with Crippen LogP contribution in [0.5, 0.6) is 0 Å². The molecule has 2 aliphatic rings. The first-order valence-corrected chi connectivity index (χ1v) is 8.13. The molecule has 0 unspecified atom stereocenters. The van der Waals surface area contributed by atoms with Gasteiger partial charge in [-0.3, -0.25) is 9.71 Å². The predicted octanol–water partition coefficient (Wildman–Crippen LogP) is 1.23. The number of aromatic nitrogens is 1. The van der Waals surface area contributed by atoms with Crippen LogP contribution in [0.25, 0.3) is 0 Å². The number of carbonyl (C=O) groups excluding carboxylic acids is 1. The molecule has 0 saturated carbocycles. The van der Waals surface area contributed by atoms with E-state index in [9.17, 15) is 4.79 Å². The molecule has 1 aromatic heterocycles. The maximum Gasteiger partial charge on any atom is 0.337 e. The van der Waals surface area contributed by atoms with Crippen LogP contribution in [0.15, 0.2) is 27.8 Å². The lowest BCUT2D eigenvalue weighted by Crippen LogP contribution is -2.43. The van der Waals surface area contributed by atoms with Gasteiger partial charge in [-0.05, 0) is 6.92 Å². The normalized spacial score (nSPS) is 18.6. The van der Waals surface area contributed by atoms with E-state index < -0.39 is 0 Å². The van der Waals surface area contributed by atoms with Crippen molar-refractivity contribution in [3.8, 4) is 0 Å². The number of nitrogens with one attached hydrogen (secondary N) is 1. The van der Waals surface area contributed by atoms with Crippen molar-refractivity contribution in [1.82, 2.24) is 14.6 Å². The number of fused-ring (bicyclic) bond motifs is 1. The summed E-state index contributed by atoms with van der Waals surface area (Å²) >= 11 is 3.15. The number of hydrogen-bond acceptors (Lipinski definition) is 8. The van der Waals surface area contributed by atoms with Gasteiger partial charge in [-0.15, -0.1) is 11.3 Å². The Morgan fingerprint density at radius 3 is 3.25 bits per heavy atom. The quantitative estimate of drug-likeness (QED) is 0.669. The Bertz CT molecular complexity index is 568. The Morgan fingerprint density at radius 1 is 1.60 bits per heavy atom. The van der Waals surface area contributed by atoms with Gasteiger partial charge in [0.2, 0.25) is 0 Å². The lowest BCUT2D eigenvalue weighted by atomic mass is 10.1. The number of aliphatic imine (C=N–C) groups is 1. The fourth-order valence-electron chi connectivity index (χ4n) is 2.11. The topological polar surface area (TPSA) is 66.8 Å². The molecule has 1 saturated heterocycles. The van der Waals surface area contributed by atoms with Gasteiger partial charge < -0.3 is 9.64 Å². The number of rotatable bonds is 3. The summed E-state index contributed by atoms with van der Waals surface area (Å²) in [5.41, 5.74) is 1.59. The van der Waals surface area contributed by atoms with E-state index in [-0.39, 0.29) is 5.97 Å². The van der Waals surface area contributed by atoms with Crippen molar-refractivity contribution >= 4 is 35.1 Å². The van der Waals surface area contributed by atoms with Crippen molar-refractivity contribution in [3.05, 3.63) is 27.9 Å². The van der Waals surface area contributed by atoms with Crippen molar-refractivity contribution in [2.75, 3.05) is 25.6 Å². The number of carbonyl (C=O) groups is 1. The standard InChI is InChI=1S/C12H14N4O2S2/c1-2-18-12(17)8-5-14-10(11-13-3-4-19-11)16-7-20-15-6-9(8)16/h3-4,15H,2,5-7H2,1H3. The summed E-state index contributed by atoms with van der Waals surface area (Å²) in [5.74, 6) is 1.27. The second-order valence-corrected chi connectivity index (χ2v) is 5.88. The third-order valence-corrected chi connectivity index (χ3v) is 4.50. The zero-order valence-corrected chi connectivity index (χ0v) is 12.6. The van der Waals surface area contributed by atoms with Gasteiger partial charge in [-0.25, -0.2) is 9.78 Å². The van der Waals surface area contributed by atoms with Gasteiger partial charge in [0, 0.05) is 23.8 Å². The fourth-order valence-corrected chi connectivity index (χ4v) is 3.50. The maximum absolute atomic E-state index is 12.0. The largest absolute Gasteiger partial charge is 0.463 e. The molecular formula is C12H14N4O2S2. The number of amidine groups is 1. The van der Waals surface area contributed by atoms with Crippen molar-refractivity contribution in [2.24, 2.45) is 4.99 Å². The van der Waals surface area contributed by atoms with Gasteiger partial charge in [0.15, 0.2) is 10.8 Å². The summed E-state index contributed by atoms with van der Waals surface area (Å²) in [6, 6.07) is 0. The first-order valence-electron chi connectivity index (χ1n) is 6.27. The van der Waals surface area contributed by atoms with Crippen LogP contribution in [0.3, 0.4) is 0 Å². The predicted molar refractivity (Wildman–Crippen MR) is 79.5 cm³/mol. The Hall–Kier alpha value is -1.38. The lowest BCUT2D eigenvalue weighted by molar-refractivity contribution is -0.138. The molecule has 20 heavy (non-hydrogen) atoms. The highest BCUT2D eigenvalue weighted by atomic mass is 32.2. The number of ether oxygens (including phenoxy) is 1. The Labute approximate surface area is 125 Å². The molecular weight excluding hydrogens is 296 g/mol. The first-order chi connectivity index (χ1) is 9.81. The lowest BCUT2D eigenvalue weighted by Gasteiger charge is -2.35. The van der Waals surface area contributed by atoms with Crippen LogP contribution in [0, 0.1) is 0 Å². The number of thiazole rings is 1. The van der Waals surface area contributed by atoms with Gasteiger partial charge in [-0.2, -0.15) is 0 Å². The van der Waals surface area contributed by atoms with Crippen LogP contribution in [0.2, 0.25) is 0 Å². The average Bonchev–Trinajstić information content (AvgIpc) is 3.00. The van der Waals surface area contributed by atoms with Gasteiger partial charge in [0.25, 0.3) is 0 Å². The number of esters is 1. The Morgan fingerprint density at radius 2 is 2.50 bits per heavy atom. The van der Waals surface area contributed by atoms with Crippen LogP contribution in [0.1, 0.15) is 11.9 Å². The highest BCUT2D eigenvalue weighted by Gasteiger charge is 2.31. The van der Waals surface area contributed by atoms with Crippen molar-refractivity contribution in [2.45, 2.75) is 6.92 Å². The van der Waals surface area contributed by atoms with Crippen molar-refractivity contribution < 1.29 is 9.53 Å². The van der Waals surface area contributed by atoms with E-state index in [1.807, 2.05) is 12.3 Å². The Balaban J connectivity index is 1.93. The smallest absolute Gasteiger partial charge is 0.337 e. The molecule has 2 aliphatic heterocycles. The molecule has 8 heteroatoms. The maximum atomic E-state index is 12.0. The van der Waals surface area contributed by atoms with Gasteiger partial charge in [0.1, 0.15) is 0 Å². The molecule has 0 spiro atoms. The zero-order valence-electron chi connectivity index (χ0n) is 11.0. The molecule has 3 rings (SSSR count). The van der Waals surface area contributed by atoms with Gasteiger partial charge in [0.05, 0.1) is 24.6 Å². The summed E-state index contributed by atoms with van der Waals surface area (Å²) < 4.78 is 8.33. The minimum absolute atomic E-state index is 0.275. The molecule has 0 radical (unpaired) electrons. The summed E-state index contributed by atoms with van der Waals surface area (Å²) in [7, 11) is 0. The van der Waals surface area contributed by atoms with Gasteiger partial charge in [-0.1, -0.05) is 11.9 Å². The SMILES string of the molecule is CCOC(=O)C1=C2CNSCN2C(c2nccs2)=NC1. The van der Waals surface area contributed by atoms with Crippen LogP contribution in [-0.2, 0) is 9.53 Å². The van der Waals surface area contributed by atoms with E-state index in [4.69, 9.17) is 4.74 Å². The van der Waals surface area contributed by atoms with Gasteiger partial charge >= 0.3 is 5.97 Å².